The van der Waals surface area contributed by atoms with Gasteiger partial charge in [-0.25, -0.2) is 0 Å². The Hall–Kier alpha value is -1.82. The summed E-state index contributed by atoms with van der Waals surface area (Å²) in [5.74, 6) is 0.240. The van der Waals surface area contributed by atoms with Crippen molar-refractivity contribution < 1.29 is 14.4 Å². The van der Waals surface area contributed by atoms with Crippen molar-refractivity contribution in [1.82, 2.24) is 10.1 Å². The SMILES string of the molecule is Cc1cccc(SCc2noc(CC(=O)O)n2)c1. The number of nitrogens with zero attached hydrogens (tertiary/aromatic N) is 2. The monoisotopic (exact) mass is 264 g/mol. The van der Waals surface area contributed by atoms with E-state index in [1.54, 1.807) is 11.8 Å². The third kappa shape index (κ3) is 3.59. The number of carbonyl (C=O) groups is 1. The van der Waals surface area contributed by atoms with Crippen molar-refractivity contribution >= 4 is 17.7 Å². The molecule has 5 nitrogen and oxygen atoms in total. The van der Waals surface area contributed by atoms with Gasteiger partial charge in [0.05, 0.1) is 5.75 Å². The van der Waals surface area contributed by atoms with Crippen LogP contribution in [0.1, 0.15) is 17.3 Å². The first-order valence-corrected chi connectivity index (χ1v) is 6.35. The molecule has 0 atom stereocenters. The standard InChI is InChI=1S/C12H12N2O3S/c1-8-3-2-4-9(5-8)18-7-10-13-11(17-14-10)6-12(15)16/h2-5H,6-7H2,1H3,(H,15,16). The molecule has 0 radical (unpaired) electrons. The van der Waals surface area contributed by atoms with E-state index in [1.165, 1.54) is 5.56 Å². The highest BCUT2D eigenvalue weighted by Crippen LogP contribution is 2.22. The molecule has 0 saturated carbocycles. The van der Waals surface area contributed by atoms with Crippen LogP contribution in [-0.2, 0) is 17.0 Å². The molecule has 0 bridgehead atoms. The lowest BCUT2D eigenvalue weighted by Gasteiger charge is -1.99. The van der Waals surface area contributed by atoms with Gasteiger partial charge in [0.1, 0.15) is 6.42 Å². The number of hydrogen-bond donors (Lipinski definition) is 1. The molecule has 0 fully saturated rings. The maximum absolute atomic E-state index is 10.5. The Bertz CT molecular complexity index is 554. The highest BCUT2D eigenvalue weighted by atomic mass is 32.2. The van der Waals surface area contributed by atoms with Crippen molar-refractivity contribution in [3.05, 3.63) is 41.5 Å². The minimum Gasteiger partial charge on any atom is -0.481 e. The second-order valence-electron chi connectivity index (χ2n) is 3.78. The molecule has 2 rings (SSSR count). The van der Waals surface area contributed by atoms with Gasteiger partial charge >= 0.3 is 5.97 Å². The third-order valence-electron chi connectivity index (χ3n) is 2.17. The predicted octanol–water partition coefficient (Wildman–Crippen LogP) is 2.30. The lowest BCUT2D eigenvalue weighted by molar-refractivity contribution is -0.136. The summed E-state index contributed by atoms with van der Waals surface area (Å²) in [7, 11) is 0. The van der Waals surface area contributed by atoms with E-state index in [2.05, 4.69) is 16.2 Å². The molecule has 1 aromatic carbocycles. The average Bonchev–Trinajstić information content (AvgIpc) is 2.73. The van der Waals surface area contributed by atoms with E-state index < -0.39 is 5.97 Å². The van der Waals surface area contributed by atoms with Crippen LogP contribution in [0.15, 0.2) is 33.7 Å². The van der Waals surface area contributed by atoms with Crippen molar-refractivity contribution in [1.29, 1.82) is 0 Å². The van der Waals surface area contributed by atoms with E-state index in [4.69, 9.17) is 9.63 Å². The molecule has 18 heavy (non-hydrogen) atoms. The maximum atomic E-state index is 10.5. The largest absolute Gasteiger partial charge is 0.481 e. The molecule has 94 valence electrons. The van der Waals surface area contributed by atoms with Gasteiger partial charge in [0, 0.05) is 4.90 Å². The Morgan fingerprint density at radius 2 is 2.33 bits per heavy atom. The van der Waals surface area contributed by atoms with E-state index in [0.717, 1.165) is 4.90 Å². The summed E-state index contributed by atoms with van der Waals surface area (Å²) in [4.78, 5) is 15.6. The molecule has 0 unspecified atom stereocenters. The van der Waals surface area contributed by atoms with Crippen LogP contribution in [0, 0.1) is 6.92 Å². The quantitative estimate of drug-likeness (QED) is 0.835. The molecule has 0 saturated heterocycles. The van der Waals surface area contributed by atoms with Crippen LogP contribution >= 0.6 is 11.8 Å². The summed E-state index contributed by atoms with van der Waals surface area (Å²) in [6, 6.07) is 8.10. The Morgan fingerprint density at radius 3 is 3.06 bits per heavy atom. The van der Waals surface area contributed by atoms with E-state index >= 15 is 0 Å². The molecule has 0 aliphatic rings. The smallest absolute Gasteiger partial charge is 0.312 e. The van der Waals surface area contributed by atoms with Gasteiger partial charge in [-0.15, -0.1) is 11.8 Å². The predicted molar refractivity (Wildman–Crippen MR) is 66.4 cm³/mol. The normalized spacial score (nSPS) is 10.5. The fourth-order valence-corrected chi connectivity index (χ4v) is 2.26. The van der Waals surface area contributed by atoms with Crippen molar-refractivity contribution in [2.45, 2.75) is 24.0 Å². The van der Waals surface area contributed by atoms with Crippen LogP contribution in [0.25, 0.3) is 0 Å². The maximum Gasteiger partial charge on any atom is 0.312 e. The van der Waals surface area contributed by atoms with Crippen LogP contribution in [0.5, 0.6) is 0 Å². The molecule has 0 spiro atoms. The first kappa shape index (κ1) is 12.6. The summed E-state index contributed by atoms with van der Waals surface area (Å²) in [5.41, 5.74) is 1.19. The lowest BCUT2D eigenvalue weighted by Crippen LogP contribution is -2.00. The fourth-order valence-electron chi connectivity index (χ4n) is 1.40. The first-order valence-electron chi connectivity index (χ1n) is 5.36. The Morgan fingerprint density at radius 1 is 1.50 bits per heavy atom. The van der Waals surface area contributed by atoms with Gasteiger partial charge in [-0.05, 0) is 19.1 Å². The van der Waals surface area contributed by atoms with Crippen LogP contribution in [0.4, 0.5) is 0 Å². The van der Waals surface area contributed by atoms with Crippen LogP contribution in [0.2, 0.25) is 0 Å². The number of aliphatic carboxylic acids is 1. The molecule has 1 N–H and O–H groups in total. The van der Waals surface area contributed by atoms with Crippen LogP contribution in [0.3, 0.4) is 0 Å². The number of hydrogen-bond acceptors (Lipinski definition) is 5. The average molecular weight is 264 g/mol. The molecule has 2 aromatic rings. The number of benzene rings is 1. The summed E-state index contributed by atoms with van der Waals surface area (Å²) >= 11 is 1.59. The zero-order chi connectivity index (χ0) is 13.0. The highest BCUT2D eigenvalue weighted by molar-refractivity contribution is 7.98. The third-order valence-corrected chi connectivity index (χ3v) is 3.16. The molecule has 1 heterocycles. The van der Waals surface area contributed by atoms with Crippen molar-refractivity contribution in [2.24, 2.45) is 0 Å². The Labute approximate surface area is 108 Å². The molecular weight excluding hydrogens is 252 g/mol. The molecular formula is C12H12N2O3S. The first-order chi connectivity index (χ1) is 8.63. The van der Waals surface area contributed by atoms with Gasteiger partial charge < -0.3 is 9.63 Å². The Balaban J connectivity index is 1.94. The summed E-state index contributed by atoms with van der Waals surface area (Å²) in [5, 5.41) is 12.3. The molecule has 0 aliphatic carbocycles. The van der Waals surface area contributed by atoms with Crippen molar-refractivity contribution in [2.75, 3.05) is 0 Å². The molecule has 6 heteroatoms. The topological polar surface area (TPSA) is 76.2 Å². The van der Waals surface area contributed by atoms with E-state index in [1.807, 2.05) is 25.1 Å². The zero-order valence-electron chi connectivity index (χ0n) is 9.79. The lowest BCUT2D eigenvalue weighted by atomic mass is 10.2. The van der Waals surface area contributed by atoms with Gasteiger partial charge in [-0.1, -0.05) is 22.9 Å². The van der Waals surface area contributed by atoms with E-state index in [0.29, 0.717) is 11.6 Å². The van der Waals surface area contributed by atoms with Gasteiger partial charge in [0.25, 0.3) is 0 Å². The van der Waals surface area contributed by atoms with Gasteiger partial charge in [-0.2, -0.15) is 4.98 Å². The molecule has 0 aliphatic heterocycles. The number of carboxylic acid groups (broad SMARTS) is 1. The van der Waals surface area contributed by atoms with Crippen LogP contribution in [-0.4, -0.2) is 21.2 Å². The second-order valence-corrected chi connectivity index (χ2v) is 4.83. The van der Waals surface area contributed by atoms with Gasteiger partial charge in [0.15, 0.2) is 5.82 Å². The number of carboxylic acids is 1. The van der Waals surface area contributed by atoms with Crippen LogP contribution < -0.4 is 0 Å². The number of aryl methyl sites for hydroxylation is 1. The number of thioether (sulfide) groups is 1. The number of aromatic nitrogens is 2. The van der Waals surface area contributed by atoms with Gasteiger partial charge in [-0.3, -0.25) is 4.79 Å². The minimum absolute atomic E-state index is 0.141. The Kier molecular flexibility index (Phi) is 3.99. The number of rotatable bonds is 5. The van der Waals surface area contributed by atoms with Crippen molar-refractivity contribution in [3.63, 3.8) is 0 Å². The fraction of sp³-hybridized carbons (Fsp3) is 0.250. The van der Waals surface area contributed by atoms with E-state index in [-0.39, 0.29) is 12.3 Å². The summed E-state index contributed by atoms with van der Waals surface area (Å²) < 4.78 is 4.83. The van der Waals surface area contributed by atoms with Crippen molar-refractivity contribution in [3.8, 4) is 0 Å². The second kappa shape index (κ2) is 5.68. The summed E-state index contributed by atoms with van der Waals surface area (Å²) in [6.07, 6.45) is -0.234. The highest BCUT2D eigenvalue weighted by Gasteiger charge is 2.10. The summed E-state index contributed by atoms with van der Waals surface area (Å²) in [6.45, 7) is 2.03. The van der Waals surface area contributed by atoms with Gasteiger partial charge in [0.2, 0.25) is 5.89 Å². The minimum atomic E-state index is -0.975. The molecule has 0 amide bonds. The zero-order valence-corrected chi connectivity index (χ0v) is 10.6. The molecule has 1 aromatic heterocycles. The van der Waals surface area contributed by atoms with E-state index in [9.17, 15) is 4.79 Å².